The molecule has 6 rings (SSSR count). The first-order valence-corrected chi connectivity index (χ1v) is 13.6. The molecule has 4 aromatic carbocycles. The van der Waals surface area contributed by atoms with Gasteiger partial charge in [-0.15, -0.1) is 0 Å². The highest BCUT2D eigenvalue weighted by molar-refractivity contribution is 6.62. The normalized spacial score (nSPS) is 17.1. The third-order valence-electron chi connectivity index (χ3n) is 8.67. The van der Waals surface area contributed by atoms with Crippen molar-refractivity contribution < 1.29 is 9.31 Å². The molecule has 0 radical (unpaired) electrons. The first kappa shape index (κ1) is 25.1. The third-order valence-corrected chi connectivity index (χ3v) is 8.67. The zero-order valence-corrected chi connectivity index (χ0v) is 23.8. The van der Waals surface area contributed by atoms with Crippen LogP contribution in [0.2, 0.25) is 0 Å². The van der Waals surface area contributed by atoms with Gasteiger partial charge in [-0.25, -0.2) is 0 Å². The lowest BCUT2D eigenvalue weighted by atomic mass is 9.75. The second-order valence-corrected chi connectivity index (χ2v) is 12.8. The van der Waals surface area contributed by atoms with Crippen LogP contribution >= 0.6 is 0 Å². The molecule has 4 heteroatoms. The van der Waals surface area contributed by atoms with Crippen molar-refractivity contribution in [1.82, 2.24) is 4.98 Å². The second-order valence-electron chi connectivity index (χ2n) is 12.8. The molecule has 3 nitrogen and oxygen atoms in total. The van der Waals surface area contributed by atoms with Crippen LogP contribution in [0.1, 0.15) is 59.6 Å². The molecule has 0 aliphatic carbocycles. The van der Waals surface area contributed by atoms with Crippen molar-refractivity contribution in [3.8, 4) is 11.3 Å². The minimum atomic E-state index is -0.370. The van der Waals surface area contributed by atoms with E-state index in [-0.39, 0.29) is 23.7 Å². The van der Waals surface area contributed by atoms with E-state index in [9.17, 15) is 0 Å². The Morgan fingerprint density at radius 1 is 0.684 bits per heavy atom. The summed E-state index contributed by atoms with van der Waals surface area (Å²) in [5.74, 6) is 0. The lowest BCUT2D eigenvalue weighted by Crippen LogP contribution is -2.41. The summed E-state index contributed by atoms with van der Waals surface area (Å²) in [6, 6.07) is 24.5. The van der Waals surface area contributed by atoms with Crippen molar-refractivity contribution in [2.75, 3.05) is 0 Å². The van der Waals surface area contributed by atoms with Gasteiger partial charge in [-0.1, -0.05) is 87.0 Å². The molecule has 0 saturated carbocycles. The summed E-state index contributed by atoms with van der Waals surface area (Å²) in [5, 5.41) is 7.49. The first-order chi connectivity index (χ1) is 17.9. The van der Waals surface area contributed by atoms with Crippen LogP contribution in [0.3, 0.4) is 0 Å². The minimum Gasteiger partial charge on any atom is -0.399 e. The van der Waals surface area contributed by atoms with E-state index in [2.05, 4.69) is 122 Å². The van der Waals surface area contributed by atoms with Gasteiger partial charge in [0.1, 0.15) is 0 Å². The minimum absolute atomic E-state index is 0.128. The average Bonchev–Trinajstić information content (AvgIpc) is 3.08. The lowest BCUT2D eigenvalue weighted by molar-refractivity contribution is 0.00578. The van der Waals surface area contributed by atoms with Gasteiger partial charge < -0.3 is 9.31 Å². The fourth-order valence-electron chi connectivity index (χ4n) is 5.57. The van der Waals surface area contributed by atoms with Crippen molar-refractivity contribution in [2.24, 2.45) is 0 Å². The zero-order chi connectivity index (χ0) is 27.0. The first-order valence-electron chi connectivity index (χ1n) is 13.6. The van der Waals surface area contributed by atoms with Gasteiger partial charge in [-0.2, -0.15) is 0 Å². The number of benzene rings is 4. The molecule has 5 aromatic rings. The molecule has 2 heterocycles. The van der Waals surface area contributed by atoms with Crippen LogP contribution in [0.15, 0.2) is 72.9 Å². The molecule has 0 spiro atoms. The summed E-state index contributed by atoms with van der Waals surface area (Å²) in [5.41, 5.74) is 5.07. The predicted molar refractivity (Wildman–Crippen MR) is 161 cm³/mol. The van der Waals surface area contributed by atoms with E-state index in [0.717, 1.165) is 27.7 Å². The van der Waals surface area contributed by atoms with Crippen molar-refractivity contribution in [2.45, 2.75) is 72.0 Å². The number of aromatic nitrogens is 1. The molecule has 1 aliphatic heterocycles. The van der Waals surface area contributed by atoms with E-state index >= 15 is 0 Å². The Hall–Kier alpha value is -3.21. The molecule has 0 N–H and O–H groups in total. The van der Waals surface area contributed by atoms with Crippen molar-refractivity contribution in [3.63, 3.8) is 0 Å². The standard InChI is InChI=1S/C34H36BNO2/c1-21-19-23(10-16-30(21)35-37-33(5,6)34(7,8)38-35)31-29-15-14-26-25-13-11-24(32(2,3)4)20-22(25)9-12-27(26)28(29)17-18-36-31/h9-20H,1-8H3. The van der Waals surface area contributed by atoms with Gasteiger partial charge in [-0.3, -0.25) is 4.98 Å². The molecule has 192 valence electrons. The largest absolute Gasteiger partial charge is 0.495 e. The van der Waals surface area contributed by atoms with Crippen molar-refractivity contribution in [1.29, 1.82) is 0 Å². The fraction of sp³-hybridized carbons (Fsp3) is 0.324. The molecule has 1 aliphatic rings. The van der Waals surface area contributed by atoms with E-state index in [1.807, 2.05) is 6.20 Å². The number of nitrogens with zero attached hydrogens (tertiary/aromatic N) is 1. The third kappa shape index (κ3) is 3.93. The smallest absolute Gasteiger partial charge is 0.399 e. The van der Waals surface area contributed by atoms with E-state index in [4.69, 9.17) is 14.3 Å². The molecule has 1 saturated heterocycles. The van der Waals surface area contributed by atoms with Crippen LogP contribution in [-0.2, 0) is 14.7 Å². The van der Waals surface area contributed by atoms with Gasteiger partial charge >= 0.3 is 7.12 Å². The van der Waals surface area contributed by atoms with E-state index in [1.54, 1.807) is 0 Å². The highest BCUT2D eigenvalue weighted by Gasteiger charge is 2.52. The molecule has 0 unspecified atom stereocenters. The summed E-state index contributed by atoms with van der Waals surface area (Å²) in [6.07, 6.45) is 1.93. The van der Waals surface area contributed by atoms with Gasteiger partial charge in [0.2, 0.25) is 0 Å². The zero-order valence-electron chi connectivity index (χ0n) is 23.8. The predicted octanol–water partition coefficient (Wildman–Crippen LogP) is 8.11. The Balaban J connectivity index is 1.44. The maximum atomic E-state index is 6.32. The number of fused-ring (bicyclic) bond motifs is 5. The molecule has 1 aromatic heterocycles. The van der Waals surface area contributed by atoms with Crippen molar-refractivity contribution in [3.05, 3.63) is 84.1 Å². The summed E-state index contributed by atoms with van der Waals surface area (Å²) >= 11 is 0. The number of hydrogen-bond donors (Lipinski definition) is 0. The maximum absolute atomic E-state index is 6.32. The van der Waals surface area contributed by atoms with Crippen molar-refractivity contribution >= 4 is 44.9 Å². The molecule has 0 bridgehead atoms. The second kappa shape index (κ2) is 8.40. The molecular formula is C34H36BNO2. The Morgan fingerprint density at radius 2 is 1.29 bits per heavy atom. The molecule has 0 amide bonds. The Morgan fingerprint density at radius 3 is 1.97 bits per heavy atom. The summed E-state index contributed by atoms with van der Waals surface area (Å²) in [7, 11) is -0.370. The van der Waals surface area contributed by atoms with Crippen LogP contribution in [0, 0.1) is 6.92 Å². The Kier molecular flexibility index (Phi) is 5.54. The van der Waals surface area contributed by atoms with E-state index in [0.29, 0.717) is 0 Å². The Labute approximate surface area is 226 Å². The monoisotopic (exact) mass is 501 g/mol. The van der Waals surface area contributed by atoms with Gasteiger partial charge in [0.05, 0.1) is 16.9 Å². The van der Waals surface area contributed by atoms with Gasteiger partial charge in [0.15, 0.2) is 0 Å². The van der Waals surface area contributed by atoms with Crippen LogP contribution in [0.5, 0.6) is 0 Å². The molecule has 1 fully saturated rings. The molecule has 0 atom stereocenters. The van der Waals surface area contributed by atoms with Crippen LogP contribution in [0.25, 0.3) is 43.6 Å². The van der Waals surface area contributed by atoms with Crippen LogP contribution in [0.4, 0.5) is 0 Å². The maximum Gasteiger partial charge on any atom is 0.495 e. The number of pyridine rings is 1. The van der Waals surface area contributed by atoms with Gasteiger partial charge in [0, 0.05) is 17.1 Å². The van der Waals surface area contributed by atoms with E-state index < -0.39 is 0 Å². The number of rotatable bonds is 2. The van der Waals surface area contributed by atoms with Gasteiger partial charge in [0.25, 0.3) is 0 Å². The highest BCUT2D eigenvalue weighted by atomic mass is 16.7. The SMILES string of the molecule is Cc1cc(-c2nccc3c2ccc2c4ccc(C(C)(C)C)cc4ccc32)ccc1B1OC(C)(C)C(C)(C)O1. The summed E-state index contributed by atoms with van der Waals surface area (Å²) < 4.78 is 12.6. The average molecular weight is 501 g/mol. The number of aryl methyl sites for hydroxylation is 1. The quantitative estimate of drug-likeness (QED) is 0.181. The lowest BCUT2D eigenvalue weighted by Gasteiger charge is -2.32. The van der Waals surface area contributed by atoms with Gasteiger partial charge in [-0.05, 0) is 84.1 Å². The number of hydrogen-bond acceptors (Lipinski definition) is 3. The topological polar surface area (TPSA) is 31.4 Å². The van der Waals surface area contributed by atoms with Crippen LogP contribution < -0.4 is 5.46 Å². The Bertz CT molecular complexity index is 1710. The van der Waals surface area contributed by atoms with Crippen LogP contribution in [-0.4, -0.2) is 23.3 Å². The highest BCUT2D eigenvalue weighted by Crippen LogP contribution is 2.38. The fourth-order valence-corrected chi connectivity index (χ4v) is 5.57. The summed E-state index contributed by atoms with van der Waals surface area (Å²) in [6.45, 7) is 17.3. The molecule has 38 heavy (non-hydrogen) atoms. The van der Waals surface area contributed by atoms with E-state index in [1.165, 1.54) is 32.5 Å². The summed E-state index contributed by atoms with van der Waals surface area (Å²) in [4.78, 5) is 4.84. The molecular weight excluding hydrogens is 465 g/mol.